The third-order valence-corrected chi connectivity index (χ3v) is 2.86. The number of rotatable bonds is 1. The summed E-state index contributed by atoms with van der Waals surface area (Å²) in [6.07, 6.45) is 7.10. The summed E-state index contributed by atoms with van der Waals surface area (Å²) in [6.45, 7) is 0. The number of fused-ring (bicyclic) bond motifs is 1. The molecule has 16 heavy (non-hydrogen) atoms. The van der Waals surface area contributed by atoms with Crippen LogP contribution < -0.4 is 0 Å². The molecular weight excluding hydrogens is 268 g/mol. The maximum atomic E-state index is 4.30. The Kier molecular flexibility index (Phi) is 2.18. The fourth-order valence-corrected chi connectivity index (χ4v) is 1.91. The van der Waals surface area contributed by atoms with Gasteiger partial charge >= 0.3 is 0 Å². The zero-order chi connectivity index (χ0) is 11.0. The fraction of sp³-hybridized carbons (Fsp3) is 0. The van der Waals surface area contributed by atoms with E-state index in [2.05, 4.69) is 31.0 Å². The third kappa shape index (κ3) is 1.49. The van der Waals surface area contributed by atoms with Crippen molar-refractivity contribution < 1.29 is 0 Å². The molecule has 3 rings (SSSR count). The van der Waals surface area contributed by atoms with Crippen molar-refractivity contribution in [1.29, 1.82) is 0 Å². The van der Waals surface area contributed by atoms with Crippen LogP contribution in [-0.4, -0.2) is 19.6 Å². The van der Waals surface area contributed by atoms with E-state index >= 15 is 0 Å². The number of halogens is 1. The lowest BCUT2D eigenvalue weighted by molar-refractivity contribution is 0.917. The van der Waals surface area contributed by atoms with E-state index in [1.54, 1.807) is 23.1 Å². The van der Waals surface area contributed by atoms with Gasteiger partial charge in [0.1, 0.15) is 4.60 Å². The Morgan fingerprint density at radius 3 is 2.88 bits per heavy atom. The van der Waals surface area contributed by atoms with Crippen molar-refractivity contribution in [2.75, 3.05) is 0 Å². The van der Waals surface area contributed by atoms with Gasteiger partial charge in [-0.15, -0.1) is 0 Å². The summed E-state index contributed by atoms with van der Waals surface area (Å²) in [6, 6.07) is 5.88. The Bertz CT molecular complexity index is 633. The molecule has 0 aliphatic rings. The van der Waals surface area contributed by atoms with Crippen LogP contribution in [0.25, 0.3) is 16.8 Å². The minimum atomic E-state index is 0.813. The van der Waals surface area contributed by atoms with E-state index in [9.17, 15) is 0 Å². The lowest BCUT2D eigenvalue weighted by Gasteiger charge is -2.00. The van der Waals surface area contributed by atoms with E-state index in [-0.39, 0.29) is 0 Å². The van der Waals surface area contributed by atoms with Crippen molar-refractivity contribution in [1.82, 2.24) is 19.6 Å². The molecule has 3 aromatic heterocycles. The number of hydrogen-bond acceptors (Lipinski definition) is 3. The van der Waals surface area contributed by atoms with E-state index in [4.69, 9.17) is 0 Å². The van der Waals surface area contributed by atoms with Gasteiger partial charge in [0, 0.05) is 23.5 Å². The van der Waals surface area contributed by atoms with Gasteiger partial charge in [0.2, 0.25) is 0 Å². The second kappa shape index (κ2) is 3.68. The van der Waals surface area contributed by atoms with E-state index in [1.165, 1.54) is 0 Å². The summed E-state index contributed by atoms with van der Waals surface area (Å²) >= 11 is 3.37. The highest BCUT2D eigenvalue weighted by Crippen LogP contribution is 2.19. The molecule has 0 spiro atoms. The Morgan fingerprint density at radius 2 is 2.06 bits per heavy atom. The van der Waals surface area contributed by atoms with Crippen LogP contribution in [0.3, 0.4) is 0 Å². The summed E-state index contributed by atoms with van der Waals surface area (Å²) in [7, 11) is 0. The maximum absolute atomic E-state index is 4.30. The highest BCUT2D eigenvalue weighted by molar-refractivity contribution is 9.10. The highest BCUT2D eigenvalue weighted by Gasteiger charge is 2.04. The average molecular weight is 275 g/mol. The smallest absolute Gasteiger partial charge is 0.155 e. The summed E-state index contributed by atoms with van der Waals surface area (Å²) < 4.78 is 2.58. The van der Waals surface area contributed by atoms with E-state index < -0.39 is 0 Å². The first-order chi connectivity index (χ1) is 7.84. The van der Waals surface area contributed by atoms with Crippen LogP contribution in [0.4, 0.5) is 0 Å². The molecule has 0 aliphatic carbocycles. The standard InChI is InChI=1S/C11H7BrN4/c12-10-7-14-11-4-9(6-15-16(10)11)8-2-1-3-13-5-8/h1-7H. The Morgan fingerprint density at radius 1 is 1.12 bits per heavy atom. The molecule has 0 atom stereocenters. The number of nitrogens with zero attached hydrogens (tertiary/aromatic N) is 4. The molecule has 3 aromatic rings. The first kappa shape index (κ1) is 9.47. The van der Waals surface area contributed by atoms with Gasteiger partial charge in [0.25, 0.3) is 0 Å². The van der Waals surface area contributed by atoms with Gasteiger partial charge in [-0.1, -0.05) is 6.07 Å². The average Bonchev–Trinajstić information content (AvgIpc) is 2.72. The van der Waals surface area contributed by atoms with E-state index in [0.29, 0.717) is 0 Å². The lowest BCUT2D eigenvalue weighted by atomic mass is 10.1. The summed E-state index contributed by atoms with van der Waals surface area (Å²) in [5, 5.41) is 4.30. The molecule has 0 saturated heterocycles. The van der Waals surface area contributed by atoms with Crippen LogP contribution in [-0.2, 0) is 0 Å². The normalized spacial score (nSPS) is 10.8. The molecule has 0 aromatic carbocycles. The molecule has 3 heterocycles. The summed E-state index contributed by atoms with van der Waals surface area (Å²) in [4.78, 5) is 8.32. The van der Waals surface area contributed by atoms with Crippen molar-refractivity contribution in [3.8, 4) is 11.1 Å². The predicted octanol–water partition coefficient (Wildman–Crippen LogP) is 2.55. The van der Waals surface area contributed by atoms with Crippen molar-refractivity contribution in [3.63, 3.8) is 0 Å². The first-order valence-corrected chi connectivity index (χ1v) is 5.53. The highest BCUT2D eigenvalue weighted by atomic mass is 79.9. The summed E-state index contributed by atoms with van der Waals surface area (Å²) in [5.74, 6) is 0. The van der Waals surface area contributed by atoms with Crippen LogP contribution in [0.15, 0.2) is 47.6 Å². The van der Waals surface area contributed by atoms with Gasteiger partial charge in [0.15, 0.2) is 5.65 Å². The largest absolute Gasteiger partial charge is 0.264 e. The van der Waals surface area contributed by atoms with Crippen molar-refractivity contribution >= 4 is 21.6 Å². The monoisotopic (exact) mass is 274 g/mol. The van der Waals surface area contributed by atoms with Gasteiger partial charge in [-0.05, 0) is 28.1 Å². The van der Waals surface area contributed by atoms with Gasteiger partial charge in [0.05, 0.1) is 12.4 Å². The quantitative estimate of drug-likeness (QED) is 0.685. The van der Waals surface area contributed by atoms with Crippen molar-refractivity contribution in [3.05, 3.63) is 47.6 Å². The van der Waals surface area contributed by atoms with Gasteiger partial charge in [-0.3, -0.25) is 4.98 Å². The van der Waals surface area contributed by atoms with Crippen molar-refractivity contribution in [2.45, 2.75) is 0 Å². The molecule has 4 nitrogen and oxygen atoms in total. The molecule has 0 N–H and O–H groups in total. The zero-order valence-electron chi connectivity index (χ0n) is 8.21. The maximum Gasteiger partial charge on any atom is 0.155 e. The minimum absolute atomic E-state index is 0.813. The number of aromatic nitrogens is 4. The molecule has 0 bridgehead atoms. The Labute approximate surface area is 100 Å². The van der Waals surface area contributed by atoms with E-state index in [1.807, 2.05) is 24.4 Å². The van der Waals surface area contributed by atoms with Crippen LogP contribution >= 0.6 is 15.9 Å². The molecule has 0 aliphatic heterocycles. The molecule has 0 fully saturated rings. The van der Waals surface area contributed by atoms with Crippen molar-refractivity contribution in [2.24, 2.45) is 0 Å². The SMILES string of the molecule is Brc1cnc2cc(-c3cccnc3)cnn12. The van der Waals surface area contributed by atoms with Crippen LogP contribution in [0.1, 0.15) is 0 Å². The van der Waals surface area contributed by atoms with Crippen LogP contribution in [0.5, 0.6) is 0 Å². The Hall–Kier alpha value is -1.75. The number of imidazole rings is 1. The van der Waals surface area contributed by atoms with Gasteiger partial charge in [-0.2, -0.15) is 5.10 Å². The predicted molar refractivity (Wildman–Crippen MR) is 63.9 cm³/mol. The third-order valence-electron chi connectivity index (χ3n) is 2.31. The number of hydrogen-bond donors (Lipinski definition) is 0. The van der Waals surface area contributed by atoms with Crippen LogP contribution in [0, 0.1) is 0 Å². The first-order valence-electron chi connectivity index (χ1n) is 4.74. The number of pyridine rings is 1. The van der Waals surface area contributed by atoms with Gasteiger partial charge in [-0.25, -0.2) is 9.50 Å². The zero-order valence-corrected chi connectivity index (χ0v) is 9.79. The molecule has 0 saturated carbocycles. The Balaban J connectivity index is 2.19. The second-order valence-electron chi connectivity index (χ2n) is 3.34. The fourth-order valence-electron chi connectivity index (χ4n) is 1.54. The van der Waals surface area contributed by atoms with E-state index in [0.717, 1.165) is 21.4 Å². The molecule has 78 valence electrons. The molecule has 0 radical (unpaired) electrons. The van der Waals surface area contributed by atoms with Gasteiger partial charge < -0.3 is 0 Å². The second-order valence-corrected chi connectivity index (χ2v) is 4.15. The molecule has 5 heteroatoms. The molecule has 0 amide bonds. The molecular formula is C11H7BrN4. The molecule has 0 unspecified atom stereocenters. The lowest BCUT2D eigenvalue weighted by Crippen LogP contribution is -1.92. The van der Waals surface area contributed by atoms with Crippen LogP contribution in [0.2, 0.25) is 0 Å². The summed E-state index contributed by atoms with van der Waals surface area (Å²) in [5.41, 5.74) is 2.86. The minimum Gasteiger partial charge on any atom is -0.264 e. The topological polar surface area (TPSA) is 43.1 Å².